The van der Waals surface area contributed by atoms with Gasteiger partial charge in [0, 0.05) is 12.6 Å². The molecule has 112 valence electrons. The zero-order valence-electron chi connectivity index (χ0n) is 12.3. The summed E-state index contributed by atoms with van der Waals surface area (Å²) < 4.78 is 0. The van der Waals surface area contributed by atoms with Gasteiger partial charge in [0.25, 0.3) is 0 Å². The van der Waals surface area contributed by atoms with Crippen LogP contribution in [0.25, 0.3) is 0 Å². The summed E-state index contributed by atoms with van der Waals surface area (Å²) in [5, 5.41) is 17.7. The summed E-state index contributed by atoms with van der Waals surface area (Å²) in [6.07, 6.45) is 3.97. The number of benzene rings is 1. The maximum atomic E-state index is 11.3. The molecule has 1 aromatic carbocycles. The smallest absolute Gasteiger partial charge is 0.315 e. The van der Waals surface area contributed by atoms with Gasteiger partial charge in [-0.05, 0) is 43.9 Å². The molecule has 0 bridgehead atoms. The van der Waals surface area contributed by atoms with Crippen molar-refractivity contribution in [2.75, 3.05) is 29.2 Å². The van der Waals surface area contributed by atoms with Gasteiger partial charge in [-0.15, -0.1) is 0 Å². The van der Waals surface area contributed by atoms with Crippen molar-refractivity contribution in [2.24, 2.45) is 0 Å². The fraction of sp³-hybridized carbons (Fsp3) is 0.571. The van der Waals surface area contributed by atoms with Crippen LogP contribution in [0, 0.1) is 10.1 Å². The van der Waals surface area contributed by atoms with Gasteiger partial charge in [-0.2, -0.15) is 11.8 Å². The molecule has 0 aromatic heterocycles. The van der Waals surface area contributed by atoms with E-state index in [1.54, 1.807) is 23.9 Å². The van der Waals surface area contributed by atoms with Crippen molar-refractivity contribution < 1.29 is 4.92 Å². The Kier molecular flexibility index (Phi) is 7.22. The van der Waals surface area contributed by atoms with Crippen molar-refractivity contribution in [3.05, 3.63) is 28.3 Å². The lowest BCUT2D eigenvalue weighted by atomic mass is 10.2. The molecule has 2 N–H and O–H groups in total. The molecule has 1 atom stereocenters. The molecular formula is C14H23N3O2S. The molecule has 0 fully saturated rings. The van der Waals surface area contributed by atoms with Crippen molar-refractivity contribution in [3.8, 4) is 0 Å². The number of hydrogen-bond acceptors (Lipinski definition) is 5. The number of rotatable bonds is 9. The van der Waals surface area contributed by atoms with Gasteiger partial charge in [-0.1, -0.05) is 13.0 Å². The molecule has 0 amide bonds. The van der Waals surface area contributed by atoms with E-state index >= 15 is 0 Å². The predicted octanol–water partition coefficient (Wildman–Crippen LogP) is 3.97. The third-order valence-electron chi connectivity index (χ3n) is 2.94. The van der Waals surface area contributed by atoms with E-state index in [2.05, 4.69) is 16.9 Å². The van der Waals surface area contributed by atoms with Gasteiger partial charge in [0.2, 0.25) is 0 Å². The van der Waals surface area contributed by atoms with Crippen LogP contribution >= 0.6 is 11.8 Å². The lowest BCUT2D eigenvalue weighted by Gasteiger charge is -2.16. The van der Waals surface area contributed by atoms with Crippen LogP contribution in [0.4, 0.5) is 17.1 Å². The summed E-state index contributed by atoms with van der Waals surface area (Å²) in [4.78, 5) is 11.0. The summed E-state index contributed by atoms with van der Waals surface area (Å²) in [6, 6.07) is 5.58. The highest BCUT2D eigenvalue weighted by molar-refractivity contribution is 7.98. The molecule has 0 heterocycles. The highest BCUT2D eigenvalue weighted by Gasteiger charge is 2.20. The minimum Gasteiger partial charge on any atom is -0.379 e. The topological polar surface area (TPSA) is 67.2 Å². The number of nitrogens with zero attached hydrogens (tertiary/aromatic N) is 1. The molecule has 1 rings (SSSR count). The molecule has 0 aliphatic carbocycles. The molecule has 0 aliphatic heterocycles. The molecule has 0 saturated carbocycles. The Hall–Kier alpha value is -1.43. The van der Waals surface area contributed by atoms with Crippen LogP contribution in [0.3, 0.4) is 0 Å². The van der Waals surface area contributed by atoms with Crippen LogP contribution in [-0.2, 0) is 0 Å². The molecular weight excluding hydrogens is 274 g/mol. The van der Waals surface area contributed by atoms with E-state index in [9.17, 15) is 10.1 Å². The average Bonchev–Trinajstić information content (AvgIpc) is 2.42. The first-order valence-electron chi connectivity index (χ1n) is 6.86. The van der Waals surface area contributed by atoms with E-state index in [1.165, 1.54) is 0 Å². The largest absolute Gasteiger partial charge is 0.379 e. The lowest BCUT2D eigenvalue weighted by molar-refractivity contribution is -0.383. The second kappa shape index (κ2) is 8.68. The van der Waals surface area contributed by atoms with Crippen LogP contribution in [0.1, 0.15) is 26.7 Å². The van der Waals surface area contributed by atoms with Crippen molar-refractivity contribution >= 4 is 28.8 Å². The van der Waals surface area contributed by atoms with Crippen LogP contribution in [0.15, 0.2) is 18.2 Å². The Morgan fingerprint density at radius 3 is 2.70 bits per heavy atom. The number of nitro groups is 1. The van der Waals surface area contributed by atoms with Crippen molar-refractivity contribution in [1.82, 2.24) is 0 Å². The standard InChI is InChI=1S/C14H23N3O2S/c1-4-9-15-12-6-5-7-13(14(12)17(18)19)16-11(2)8-10-20-3/h5-7,11,15-16H,4,8-10H2,1-3H3. The number of hydrogen-bond donors (Lipinski definition) is 2. The molecule has 20 heavy (non-hydrogen) atoms. The Labute approximate surface area is 124 Å². The first-order valence-corrected chi connectivity index (χ1v) is 8.26. The molecule has 0 radical (unpaired) electrons. The van der Waals surface area contributed by atoms with Crippen molar-refractivity contribution in [1.29, 1.82) is 0 Å². The molecule has 0 aliphatic rings. The van der Waals surface area contributed by atoms with Crippen LogP contribution in [0.5, 0.6) is 0 Å². The normalized spacial score (nSPS) is 11.9. The third-order valence-corrected chi connectivity index (χ3v) is 3.58. The number of thioether (sulfide) groups is 1. The van der Waals surface area contributed by atoms with Crippen LogP contribution in [0.2, 0.25) is 0 Å². The van der Waals surface area contributed by atoms with Gasteiger partial charge in [0.15, 0.2) is 0 Å². The third kappa shape index (κ3) is 4.92. The predicted molar refractivity (Wildman–Crippen MR) is 88.0 cm³/mol. The van der Waals surface area contributed by atoms with E-state index < -0.39 is 0 Å². The van der Waals surface area contributed by atoms with E-state index in [1.807, 2.05) is 19.9 Å². The van der Waals surface area contributed by atoms with Gasteiger partial charge < -0.3 is 10.6 Å². The second-order valence-corrected chi connectivity index (χ2v) is 5.70. The molecule has 1 unspecified atom stereocenters. The Morgan fingerprint density at radius 1 is 1.40 bits per heavy atom. The van der Waals surface area contributed by atoms with E-state index in [-0.39, 0.29) is 16.7 Å². The molecule has 1 aromatic rings. The van der Waals surface area contributed by atoms with Crippen molar-refractivity contribution in [2.45, 2.75) is 32.7 Å². The van der Waals surface area contributed by atoms with Gasteiger partial charge in [-0.3, -0.25) is 10.1 Å². The van der Waals surface area contributed by atoms with Gasteiger partial charge in [0.1, 0.15) is 11.4 Å². The summed E-state index contributed by atoms with van der Waals surface area (Å²) in [6.45, 7) is 4.81. The average molecular weight is 297 g/mol. The van der Waals surface area contributed by atoms with Gasteiger partial charge in [0.05, 0.1) is 4.92 Å². The van der Waals surface area contributed by atoms with Gasteiger partial charge >= 0.3 is 5.69 Å². The minimum atomic E-state index is -0.318. The lowest BCUT2D eigenvalue weighted by Crippen LogP contribution is -2.17. The number of nitrogens with one attached hydrogen (secondary N) is 2. The Balaban J connectivity index is 2.91. The molecule has 0 saturated heterocycles. The summed E-state index contributed by atoms with van der Waals surface area (Å²) in [5.41, 5.74) is 1.31. The van der Waals surface area contributed by atoms with Crippen molar-refractivity contribution in [3.63, 3.8) is 0 Å². The highest BCUT2D eigenvalue weighted by atomic mass is 32.2. The first kappa shape index (κ1) is 16.6. The van der Waals surface area contributed by atoms with E-state index in [0.29, 0.717) is 11.4 Å². The number of para-hydroxylation sites is 1. The molecule has 0 spiro atoms. The van der Waals surface area contributed by atoms with Gasteiger partial charge in [-0.25, -0.2) is 0 Å². The Morgan fingerprint density at radius 2 is 2.10 bits per heavy atom. The molecule has 5 nitrogen and oxygen atoms in total. The zero-order chi connectivity index (χ0) is 15.0. The quantitative estimate of drug-likeness (QED) is 0.533. The van der Waals surface area contributed by atoms with E-state index in [0.717, 1.165) is 25.1 Å². The number of anilines is 2. The summed E-state index contributed by atoms with van der Waals surface area (Å²) in [5.74, 6) is 1.04. The van der Waals surface area contributed by atoms with E-state index in [4.69, 9.17) is 0 Å². The highest BCUT2D eigenvalue weighted by Crippen LogP contribution is 2.33. The maximum Gasteiger partial charge on any atom is 0.315 e. The summed E-state index contributed by atoms with van der Waals surface area (Å²) in [7, 11) is 0. The monoisotopic (exact) mass is 297 g/mol. The zero-order valence-corrected chi connectivity index (χ0v) is 13.1. The van der Waals surface area contributed by atoms with Crippen LogP contribution < -0.4 is 10.6 Å². The maximum absolute atomic E-state index is 11.3. The number of nitro benzene ring substituents is 1. The molecule has 6 heteroatoms. The SMILES string of the molecule is CCCNc1cccc(NC(C)CCSC)c1[N+](=O)[O-]. The fourth-order valence-electron chi connectivity index (χ4n) is 1.89. The second-order valence-electron chi connectivity index (χ2n) is 4.71. The minimum absolute atomic E-state index is 0.136. The summed E-state index contributed by atoms with van der Waals surface area (Å²) >= 11 is 1.78. The Bertz CT molecular complexity index is 440. The fourth-order valence-corrected chi connectivity index (χ4v) is 2.48. The first-order chi connectivity index (χ1) is 9.60. The van der Waals surface area contributed by atoms with Crippen LogP contribution in [-0.4, -0.2) is 29.5 Å².